The van der Waals surface area contributed by atoms with Crippen LogP contribution < -0.4 is 16.0 Å². The van der Waals surface area contributed by atoms with E-state index in [9.17, 15) is 9.18 Å². The molecule has 0 fully saturated rings. The quantitative estimate of drug-likeness (QED) is 0.774. The molecule has 2 aromatic carbocycles. The second-order valence-corrected chi connectivity index (χ2v) is 5.81. The highest BCUT2D eigenvalue weighted by atomic mass is 19.1. The van der Waals surface area contributed by atoms with E-state index < -0.39 is 0 Å². The molecule has 24 heavy (non-hydrogen) atoms. The fraction of sp³-hybridized carbons (Fsp3) is 0.100. The van der Waals surface area contributed by atoms with Crippen molar-refractivity contribution in [3.8, 4) is 0 Å². The molecule has 1 heterocycles. The Balaban J connectivity index is 1.74. The maximum absolute atomic E-state index is 12.9. The number of pyridine rings is 1. The summed E-state index contributed by atoms with van der Waals surface area (Å²) in [5, 5.41) is 2.20. The van der Waals surface area contributed by atoms with Gasteiger partial charge >= 0.3 is 0 Å². The van der Waals surface area contributed by atoms with Gasteiger partial charge in [-0.1, -0.05) is 30.3 Å². The van der Waals surface area contributed by atoms with Crippen molar-refractivity contribution in [1.82, 2.24) is 4.98 Å². The van der Waals surface area contributed by atoms with E-state index in [-0.39, 0.29) is 11.2 Å². The van der Waals surface area contributed by atoms with E-state index in [0.717, 1.165) is 22.1 Å². The first-order chi connectivity index (χ1) is 11.7. The average molecular weight is 318 g/mol. The predicted octanol–water partition coefficient (Wildman–Crippen LogP) is 2.27. The summed E-state index contributed by atoms with van der Waals surface area (Å²) in [6.45, 7) is 0.493. The molecule has 0 saturated heterocycles. The minimum Gasteiger partial charge on any atom is -0.354 e. The lowest BCUT2D eigenvalue weighted by Crippen LogP contribution is -2.43. The Morgan fingerprint density at radius 2 is 1.88 bits per heavy atom. The van der Waals surface area contributed by atoms with Crippen LogP contribution in [0.15, 0.2) is 58.3 Å². The van der Waals surface area contributed by atoms with Crippen LogP contribution in [-0.4, -0.2) is 10.7 Å². The highest BCUT2D eigenvalue weighted by molar-refractivity contribution is 6.13. The molecule has 0 atom stereocenters. The van der Waals surface area contributed by atoms with Gasteiger partial charge < -0.3 is 4.98 Å². The Labute approximate surface area is 137 Å². The van der Waals surface area contributed by atoms with Crippen LogP contribution in [0.5, 0.6) is 0 Å². The molecule has 0 aliphatic heterocycles. The number of benzene rings is 2. The van der Waals surface area contributed by atoms with Crippen LogP contribution in [0.4, 0.5) is 4.39 Å². The molecule has 1 aromatic heterocycles. The van der Waals surface area contributed by atoms with Crippen LogP contribution >= 0.6 is 0 Å². The monoisotopic (exact) mass is 318 g/mol. The number of nitrogens with one attached hydrogen (secondary N) is 1. The molecule has 3 aromatic rings. The van der Waals surface area contributed by atoms with Crippen molar-refractivity contribution in [1.29, 1.82) is 0 Å². The second kappa shape index (κ2) is 5.89. The summed E-state index contributed by atoms with van der Waals surface area (Å²) >= 11 is 0. The number of nitrogens with zero attached hydrogens (tertiary/aromatic N) is 1. The lowest BCUT2D eigenvalue weighted by molar-refractivity contribution is 0.627. The fourth-order valence-corrected chi connectivity index (χ4v) is 2.91. The molecular formula is C20H15FN2O. The minimum atomic E-state index is -0.248. The number of fused-ring (bicyclic) bond motifs is 2. The van der Waals surface area contributed by atoms with Gasteiger partial charge in [-0.25, -0.2) is 4.39 Å². The molecule has 1 N–H and O–H groups in total. The first kappa shape index (κ1) is 14.6. The predicted molar refractivity (Wildman–Crippen MR) is 94.9 cm³/mol. The summed E-state index contributed by atoms with van der Waals surface area (Å²) in [6.07, 6.45) is 4.46. The molecule has 0 unspecified atom stereocenters. The van der Waals surface area contributed by atoms with Crippen molar-refractivity contribution in [3.63, 3.8) is 0 Å². The van der Waals surface area contributed by atoms with E-state index in [0.29, 0.717) is 23.6 Å². The maximum atomic E-state index is 12.9. The van der Waals surface area contributed by atoms with Gasteiger partial charge in [0.25, 0.3) is 0 Å². The van der Waals surface area contributed by atoms with E-state index in [2.05, 4.69) is 9.98 Å². The Morgan fingerprint density at radius 3 is 2.71 bits per heavy atom. The number of rotatable bonds is 2. The smallest absolute Gasteiger partial charge is 0.196 e. The lowest BCUT2D eigenvalue weighted by Gasteiger charge is -2.06. The molecule has 0 spiro atoms. The Bertz CT molecular complexity index is 1120. The molecule has 0 bridgehead atoms. The van der Waals surface area contributed by atoms with Gasteiger partial charge in [-0.3, -0.25) is 9.79 Å². The standard InChI is InChI=1S/C20H15FN2O/c21-14-7-5-13(6-8-14)12-22-15-9-10-17-19(11-15)23-18-4-2-1-3-16(18)20(17)24/h1-8,10-11,23H,9,12H2. The molecule has 0 amide bonds. The second-order valence-electron chi connectivity index (χ2n) is 5.81. The first-order valence-electron chi connectivity index (χ1n) is 7.81. The van der Waals surface area contributed by atoms with E-state index >= 15 is 0 Å². The van der Waals surface area contributed by atoms with E-state index in [4.69, 9.17) is 0 Å². The Kier molecular flexibility index (Phi) is 3.58. The van der Waals surface area contributed by atoms with Crippen LogP contribution in [0.3, 0.4) is 0 Å². The summed E-state index contributed by atoms with van der Waals surface area (Å²) in [6, 6.07) is 13.8. The lowest BCUT2D eigenvalue weighted by atomic mass is 10.1. The molecule has 3 nitrogen and oxygen atoms in total. The molecule has 4 heteroatoms. The number of hydrogen-bond acceptors (Lipinski definition) is 2. The van der Waals surface area contributed by atoms with Gasteiger partial charge in [0.2, 0.25) is 0 Å². The highest BCUT2D eigenvalue weighted by Crippen LogP contribution is 2.06. The zero-order chi connectivity index (χ0) is 16.5. The Morgan fingerprint density at radius 1 is 1.08 bits per heavy atom. The third-order valence-corrected chi connectivity index (χ3v) is 4.18. The van der Waals surface area contributed by atoms with Gasteiger partial charge in [0.15, 0.2) is 5.43 Å². The molecule has 118 valence electrons. The van der Waals surface area contributed by atoms with Gasteiger partial charge in [0.05, 0.1) is 11.9 Å². The average Bonchev–Trinajstić information content (AvgIpc) is 2.61. The van der Waals surface area contributed by atoms with E-state index in [1.807, 2.05) is 36.4 Å². The van der Waals surface area contributed by atoms with Crippen LogP contribution in [0.25, 0.3) is 23.1 Å². The van der Waals surface area contributed by atoms with Crippen LogP contribution in [-0.2, 0) is 6.54 Å². The highest BCUT2D eigenvalue weighted by Gasteiger charge is 2.06. The number of aromatic amines is 1. The maximum Gasteiger partial charge on any atom is 0.196 e. The fourth-order valence-electron chi connectivity index (χ4n) is 2.91. The van der Waals surface area contributed by atoms with Crippen molar-refractivity contribution in [2.24, 2.45) is 4.99 Å². The number of hydrogen-bond donors (Lipinski definition) is 1. The summed E-state index contributed by atoms with van der Waals surface area (Å²) in [5.41, 5.74) is 2.73. The zero-order valence-electron chi connectivity index (χ0n) is 12.9. The molecular weight excluding hydrogens is 303 g/mol. The van der Waals surface area contributed by atoms with Crippen LogP contribution in [0.1, 0.15) is 12.0 Å². The summed E-state index contributed by atoms with van der Waals surface area (Å²) < 4.78 is 12.9. The number of para-hydroxylation sites is 1. The van der Waals surface area contributed by atoms with Gasteiger partial charge in [-0.15, -0.1) is 0 Å². The molecule has 4 rings (SSSR count). The molecule has 1 aliphatic carbocycles. The summed E-state index contributed by atoms with van der Waals surface area (Å²) in [5.74, 6) is -0.248. The number of H-pyrrole nitrogens is 1. The molecule has 1 aliphatic rings. The SMILES string of the molecule is O=c1c2c([nH]c3ccccc13)=CC(=NCc1ccc(F)cc1)CC=2. The van der Waals surface area contributed by atoms with Crippen LogP contribution in [0.2, 0.25) is 0 Å². The van der Waals surface area contributed by atoms with Crippen molar-refractivity contribution in [3.05, 3.63) is 80.7 Å². The van der Waals surface area contributed by atoms with Gasteiger partial charge in [-0.05, 0) is 35.9 Å². The van der Waals surface area contributed by atoms with Crippen molar-refractivity contribution in [2.75, 3.05) is 0 Å². The number of aromatic nitrogens is 1. The van der Waals surface area contributed by atoms with Gasteiger partial charge in [-0.2, -0.15) is 0 Å². The zero-order valence-corrected chi connectivity index (χ0v) is 12.9. The molecule has 0 saturated carbocycles. The van der Waals surface area contributed by atoms with E-state index in [1.165, 1.54) is 12.1 Å². The first-order valence-corrected chi connectivity index (χ1v) is 7.81. The van der Waals surface area contributed by atoms with E-state index in [1.54, 1.807) is 12.1 Å². The van der Waals surface area contributed by atoms with Gasteiger partial charge in [0, 0.05) is 28.3 Å². The van der Waals surface area contributed by atoms with Gasteiger partial charge in [0.1, 0.15) is 5.82 Å². The third-order valence-electron chi connectivity index (χ3n) is 4.18. The van der Waals surface area contributed by atoms with Crippen molar-refractivity contribution < 1.29 is 4.39 Å². The minimum absolute atomic E-state index is 0.0492. The largest absolute Gasteiger partial charge is 0.354 e. The third kappa shape index (κ3) is 2.67. The van der Waals surface area contributed by atoms with Crippen molar-refractivity contribution >= 4 is 28.8 Å². The Hall–Kier alpha value is -3.01. The number of aliphatic imine (C=N–C) groups is 1. The summed E-state index contributed by atoms with van der Waals surface area (Å²) in [4.78, 5) is 20.4. The number of halogens is 1. The topological polar surface area (TPSA) is 45.2 Å². The summed E-state index contributed by atoms with van der Waals surface area (Å²) in [7, 11) is 0. The van der Waals surface area contributed by atoms with Crippen molar-refractivity contribution in [2.45, 2.75) is 13.0 Å². The normalized spacial score (nSPS) is 15.0. The molecule has 0 radical (unpaired) electrons. The van der Waals surface area contributed by atoms with Crippen LogP contribution in [0, 0.1) is 5.82 Å².